The van der Waals surface area contributed by atoms with E-state index in [4.69, 9.17) is 11.6 Å². The molecule has 0 saturated carbocycles. The molecule has 1 aliphatic carbocycles. The fraction of sp³-hybridized carbons (Fsp3) is 0.278. The van der Waals surface area contributed by atoms with E-state index in [0.29, 0.717) is 23.9 Å². The molecule has 0 heterocycles. The lowest BCUT2D eigenvalue weighted by molar-refractivity contribution is -0.138. The molecule has 25 heavy (non-hydrogen) atoms. The van der Waals surface area contributed by atoms with Gasteiger partial charge in [-0.05, 0) is 47.7 Å². The first kappa shape index (κ1) is 17.7. The van der Waals surface area contributed by atoms with Crippen LogP contribution < -0.4 is 5.32 Å². The van der Waals surface area contributed by atoms with E-state index in [1.165, 1.54) is 0 Å². The summed E-state index contributed by atoms with van der Waals surface area (Å²) in [4.78, 5) is 12.4. The van der Waals surface area contributed by atoms with Crippen LogP contribution in [0.15, 0.2) is 36.4 Å². The van der Waals surface area contributed by atoms with Crippen molar-refractivity contribution in [3.05, 3.63) is 69.5 Å². The third-order valence-corrected chi connectivity index (χ3v) is 4.71. The van der Waals surface area contributed by atoms with Crippen LogP contribution in [0, 0.1) is 5.82 Å². The second-order valence-corrected chi connectivity index (χ2v) is 6.32. The summed E-state index contributed by atoms with van der Waals surface area (Å²) in [6, 6.07) is 7.71. The zero-order valence-corrected chi connectivity index (χ0v) is 13.7. The summed E-state index contributed by atoms with van der Waals surface area (Å²) >= 11 is 6.11. The molecule has 2 aromatic carbocycles. The number of benzene rings is 2. The van der Waals surface area contributed by atoms with Crippen LogP contribution in [-0.2, 0) is 23.9 Å². The van der Waals surface area contributed by atoms with Gasteiger partial charge in [0.25, 0.3) is 0 Å². The number of hydrogen-bond acceptors (Lipinski definition) is 1. The van der Waals surface area contributed by atoms with Crippen LogP contribution in [0.25, 0.3) is 0 Å². The zero-order chi connectivity index (χ0) is 18.2. The van der Waals surface area contributed by atoms with Gasteiger partial charge in [0.1, 0.15) is 5.82 Å². The highest BCUT2D eigenvalue weighted by Gasteiger charge is 2.34. The van der Waals surface area contributed by atoms with E-state index in [0.717, 1.165) is 23.3 Å². The Hall–Kier alpha value is -2.08. The van der Waals surface area contributed by atoms with Crippen molar-refractivity contribution in [1.82, 2.24) is 5.32 Å². The molecule has 2 nitrogen and oxygen atoms in total. The number of amides is 1. The molecule has 7 heteroatoms. The number of alkyl halides is 3. The van der Waals surface area contributed by atoms with Crippen molar-refractivity contribution < 1.29 is 22.4 Å². The minimum absolute atomic E-state index is 0.174. The van der Waals surface area contributed by atoms with Crippen LogP contribution in [0.3, 0.4) is 0 Å². The van der Waals surface area contributed by atoms with E-state index >= 15 is 0 Å². The summed E-state index contributed by atoms with van der Waals surface area (Å²) in [6.45, 7) is -0.319. The molecule has 0 radical (unpaired) electrons. The highest BCUT2D eigenvalue weighted by molar-refractivity contribution is 6.31. The summed E-state index contributed by atoms with van der Waals surface area (Å²) < 4.78 is 52.1. The Labute approximate surface area is 146 Å². The summed E-state index contributed by atoms with van der Waals surface area (Å²) in [5.74, 6) is -1.77. The van der Waals surface area contributed by atoms with Crippen molar-refractivity contribution in [3.63, 3.8) is 0 Å². The van der Waals surface area contributed by atoms with Gasteiger partial charge in [-0.2, -0.15) is 13.2 Å². The molecule has 1 unspecified atom stereocenters. The third-order valence-electron chi connectivity index (χ3n) is 4.36. The average Bonchev–Trinajstić information content (AvgIpc) is 2.98. The van der Waals surface area contributed by atoms with Crippen molar-refractivity contribution in [2.75, 3.05) is 0 Å². The molecular weight excluding hydrogens is 358 g/mol. The molecule has 1 aliphatic rings. The van der Waals surface area contributed by atoms with E-state index in [9.17, 15) is 22.4 Å². The molecule has 1 atom stereocenters. The van der Waals surface area contributed by atoms with Crippen LogP contribution >= 0.6 is 11.6 Å². The van der Waals surface area contributed by atoms with Crippen LogP contribution in [0.4, 0.5) is 17.6 Å². The second kappa shape index (κ2) is 6.67. The molecule has 0 saturated heterocycles. The molecule has 3 rings (SSSR count). The van der Waals surface area contributed by atoms with Gasteiger partial charge in [0.2, 0.25) is 5.91 Å². The van der Waals surface area contributed by atoms with Gasteiger partial charge in [-0.15, -0.1) is 0 Å². The SMILES string of the molecule is O=C(NCc1ccc(F)cc1C(F)(F)F)C1CCc2c(Cl)cccc21. The Balaban J connectivity index is 1.76. The molecule has 132 valence electrons. The topological polar surface area (TPSA) is 29.1 Å². The van der Waals surface area contributed by atoms with Gasteiger partial charge >= 0.3 is 6.18 Å². The lowest BCUT2D eigenvalue weighted by Crippen LogP contribution is -2.29. The van der Waals surface area contributed by atoms with Crippen molar-refractivity contribution in [2.24, 2.45) is 0 Å². The van der Waals surface area contributed by atoms with Crippen molar-refractivity contribution in [1.29, 1.82) is 0 Å². The maximum Gasteiger partial charge on any atom is 0.416 e. The van der Waals surface area contributed by atoms with Crippen LogP contribution in [0.2, 0.25) is 5.02 Å². The Morgan fingerprint density at radius 3 is 2.72 bits per heavy atom. The summed E-state index contributed by atoms with van der Waals surface area (Å²) in [6.07, 6.45) is -3.48. The van der Waals surface area contributed by atoms with Gasteiger partial charge in [-0.25, -0.2) is 4.39 Å². The first-order valence-corrected chi connectivity index (χ1v) is 8.06. The Morgan fingerprint density at radius 2 is 2.00 bits per heavy atom. The monoisotopic (exact) mass is 371 g/mol. The number of halogens is 5. The van der Waals surface area contributed by atoms with Crippen LogP contribution in [-0.4, -0.2) is 5.91 Å². The predicted octanol–water partition coefficient (Wildman–Crippen LogP) is 4.84. The Bertz CT molecular complexity index is 819. The molecule has 0 bridgehead atoms. The highest BCUT2D eigenvalue weighted by atomic mass is 35.5. The van der Waals surface area contributed by atoms with E-state index in [2.05, 4.69) is 5.32 Å². The molecule has 2 aromatic rings. The minimum Gasteiger partial charge on any atom is -0.351 e. The van der Waals surface area contributed by atoms with Gasteiger partial charge in [0.15, 0.2) is 0 Å². The molecule has 0 spiro atoms. The van der Waals surface area contributed by atoms with E-state index < -0.39 is 23.5 Å². The van der Waals surface area contributed by atoms with Crippen LogP contribution in [0.5, 0.6) is 0 Å². The summed E-state index contributed by atoms with van der Waals surface area (Å²) in [5, 5.41) is 3.12. The number of hydrogen-bond donors (Lipinski definition) is 1. The molecule has 1 N–H and O–H groups in total. The number of rotatable bonds is 3. The van der Waals surface area contributed by atoms with Gasteiger partial charge in [-0.3, -0.25) is 4.79 Å². The molecule has 0 fully saturated rings. The lowest BCUT2D eigenvalue weighted by Gasteiger charge is -2.16. The predicted molar refractivity (Wildman–Crippen MR) is 85.8 cm³/mol. The zero-order valence-electron chi connectivity index (χ0n) is 13.0. The first-order valence-electron chi connectivity index (χ1n) is 7.68. The smallest absolute Gasteiger partial charge is 0.351 e. The van der Waals surface area contributed by atoms with Gasteiger partial charge in [0.05, 0.1) is 11.5 Å². The number of fused-ring (bicyclic) bond motifs is 1. The summed E-state index contributed by atoms with van der Waals surface area (Å²) in [7, 11) is 0. The fourth-order valence-electron chi connectivity index (χ4n) is 3.15. The van der Waals surface area contributed by atoms with Crippen molar-refractivity contribution in [3.8, 4) is 0 Å². The first-order chi connectivity index (χ1) is 11.8. The van der Waals surface area contributed by atoms with E-state index in [-0.39, 0.29) is 18.0 Å². The van der Waals surface area contributed by atoms with Crippen molar-refractivity contribution in [2.45, 2.75) is 31.5 Å². The van der Waals surface area contributed by atoms with Gasteiger partial charge in [-0.1, -0.05) is 29.8 Å². The highest BCUT2D eigenvalue weighted by Crippen LogP contribution is 2.37. The Kier molecular flexibility index (Phi) is 4.73. The van der Waals surface area contributed by atoms with Gasteiger partial charge < -0.3 is 5.32 Å². The molecule has 0 aliphatic heterocycles. The normalized spacial score (nSPS) is 16.6. The molecule has 0 aromatic heterocycles. The van der Waals surface area contributed by atoms with Crippen molar-refractivity contribution >= 4 is 17.5 Å². The minimum atomic E-state index is -4.68. The Morgan fingerprint density at radius 1 is 1.24 bits per heavy atom. The van der Waals surface area contributed by atoms with Crippen LogP contribution in [0.1, 0.15) is 34.6 Å². The average molecular weight is 372 g/mol. The third kappa shape index (κ3) is 3.63. The van der Waals surface area contributed by atoms with E-state index in [1.807, 2.05) is 0 Å². The van der Waals surface area contributed by atoms with E-state index in [1.54, 1.807) is 18.2 Å². The maximum absolute atomic E-state index is 13.1. The maximum atomic E-state index is 13.1. The summed E-state index contributed by atoms with van der Waals surface area (Å²) in [5.41, 5.74) is 0.455. The number of carbonyl (C=O) groups is 1. The quantitative estimate of drug-likeness (QED) is 0.768. The molecular formula is C18H14ClF4NO. The largest absolute Gasteiger partial charge is 0.416 e. The van der Waals surface area contributed by atoms with Gasteiger partial charge in [0, 0.05) is 11.6 Å². The fourth-order valence-corrected chi connectivity index (χ4v) is 3.43. The number of nitrogens with one attached hydrogen (secondary N) is 1. The lowest BCUT2D eigenvalue weighted by atomic mass is 10.00. The second-order valence-electron chi connectivity index (χ2n) is 5.92. The molecule has 1 amide bonds. The number of carbonyl (C=O) groups excluding carboxylic acids is 1. The standard InChI is InChI=1S/C18H14ClF4NO/c19-16-3-1-2-12-13(16)6-7-14(12)17(25)24-9-10-4-5-11(20)8-15(10)18(21,22)23/h1-5,8,14H,6-7,9H2,(H,24,25).